The molecule has 2 aromatic heterocycles. The van der Waals surface area contributed by atoms with Crippen molar-refractivity contribution in [3.05, 3.63) is 47.8 Å². The smallest absolute Gasteiger partial charge is 0.0944 e. The molecule has 24 heavy (non-hydrogen) atoms. The molecule has 0 amide bonds. The summed E-state index contributed by atoms with van der Waals surface area (Å²) in [5.74, 6) is 0.857. The van der Waals surface area contributed by atoms with Crippen molar-refractivity contribution in [2.45, 2.75) is 38.1 Å². The van der Waals surface area contributed by atoms with Crippen LogP contribution in [0.15, 0.2) is 41.4 Å². The molecule has 1 aliphatic rings. The third-order valence-electron chi connectivity index (χ3n) is 5.05. The maximum absolute atomic E-state index is 4.75. The van der Waals surface area contributed by atoms with Gasteiger partial charge in [-0.3, -0.25) is 4.98 Å². The van der Waals surface area contributed by atoms with E-state index in [2.05, 4.69) is 55.0 Å². The third-order valence-corrected chi connectivity index (χ3v) is 5.79. The zero-order valence-corrected chi connectivity index (χ0v) is 16.0. The second-order valence-corrected chi connectivity index (χ2v) is 7.43. The van der Waals surface area contributed by atoms with E-state index >= 15 is 0 Å². The summed E-state index contributed by atoms with van der Waals surface area (Å²) < 4.78 is 2.51. The number of thioether (sulfide) groups is 1. The van der Waals surface area contributed by atoms with Crippen molar-refractivity contribution in [1.29, 1.82) is 0 Å². The summed E-state index contributed by atoms with van der Waals surface area (Å²) in [5.41, 5.74) is 6.42. The minimum absolute atomic E-state index is 0. The highest BCUT2D eigenvalue weighted by Crippen LogP contribution is 2.37. The van der Waals surface area contributed by atoms with E-state index in [0.717, 1.165) is 18.2 Å². The molecule has 4 heteroatoms. The molecule has 1 fully saturated rings. The minimum Gasteiger partial charge on any atom is -0.343 e. The molecule has 1 aromatic carbocycles. The SMILES string of the molecule is CSc1ccc(-c2nccc3c(C)c(C)n(CC4CC4)c23)cc1.Cl. The van der Waals surface area contributed by atoms with E-state index in [1.54, 1.807) is 11.8 Å². The van der Waals surface area contributed by atoms with Crippen LogP contribution in [-0.2, 0) is 6.54 Å². The number of pyridine rings is 1. The van der Waals surface area contributed by atoms with Gasteiger partial charge in [0.2, 0.25) is 0 Å². The van der Waals surface area contributed by atoms with Gasteiger partial charge in [0, 0.05) is 34.3 Å². The van der Waals surface area contributed by atoms with Crippen LogP contribution < -0.4 is 0 Å². The fraction of sp³-hybridized carbons (Fsp3) is 0.350. The Morgan fingerprint density at radius 2 is 1.83 bits per heavy atom. The second-order valence-electron chi connectivity index (χ2n) is 6.55. The average Bonchev–Trinajstić information content (AvgIpc) is 3.38. The number of nitrogens with zero attached hydrogens (tertiary/aromatic N) is 2. The molecular weight excluding hydrogens is 336 g/mol. The summed E-state index contributed by atoms with van der Waals surface area (Å²) in [6.07, 6.45) is 6.81. The highest BCUT2D eigenvalue weighted by molar-refractivity contribution is 7.98. The van der Waals surface area contributed by atoms with E-state index in [9.17, 15) is 0 Å². The molecular formula is C20H23ClN2S. The highest BCUT2D eigenvalue weighted by atomic mass is 35.5. The zero-order valence-electron chi connectivity index (χ0n) is 14.4. The van der Waals surface area contributed by atoms with Crippen molar-refractivity contribution in [1.82, 2.24) is 9.55 Å². The van der Waals surface area contributed by atoms with Crippen LogP contribution in [0, 0.1) is 19.8 Å². The van der Waals surface area contributed by atoms with Crippen molar-refractivity contribution in [2.24, 2.45) is 5.92 Å². The van der Waals surface area contributed by atoms with Crippen molar-refractivity contribution in [3.63, 3.8) is 0 Å². The molecule has 1 aliphatic carbocycles. The molecule has 2 nitrogen and oxygen atoms in total. The molecule has 0 radical (unpaired) electrons. The first-order valence-corrected chi connectivity index (χ1v) is 9.50. The maximum Gasteiger partial charge on any atom is 0.0944 e. The molecule has 0 spiro atoms. The van der Waals surface area contributed by atoms with Crippen LogP contribution in [-0.4, -0.2) is 15.8 Å². The number of hydrogen-bond donors (Lipinski definition) is 0. The lowest BCUT2D eigenvalue weighted by Gasteiger charge is -2.11. The van der Waals surface area contributed by atoms with Crippen molar-refractivity contribution in [3.8, 4) is 11.3 Å². The first-order chi connectivity index (χ1) is 11.2. The van der Waals surface area contributed by atoms with E-state index in [4.69, 9.17) is 4.98 Å². The fourth-order valence-corrected chi connectivity index (χ4v) is 3.75. The van der Waals surface area contributed by atoms with Crippen LogP contribution in [0.2, 0.25) is 0 Å². The molecule has 0 aliphatic heterocycles. The first kappa shape index (κ1) is 17.4. The molecule has 0 bridgehead atoms. The molecule has 1 saturated carbocycles. The number of aromatic nitrogens is 2. The van der Waals surface area contributed by atoms with Gasteiger partial charge in [0.1, 0.15) is 0 Å². The monoisotopic (exact) mass is 358 g/mol. The van der Waals surface area contributed by atoms with E-state index in [-0.39, 0.29) is 12.4 Å². The summed E-state index contributed by atoms with van der Waals surface area (Å²) in [6.45, 7) is 5.62. The number of aryl methyl sites for hydroxylation is 1. The van der Waals surface area contributed by atoms with E-state index in [0.29, 0.717) is 0 Å². The quantitative estimate of drug-likeness (QED) is 0.542. The molecule has 3 aromatic rings. The summed E-state index contributed by atoms with van der Waals surface area (Å²) in [5, 5.41) is 1.35. The molecule has 2 heterocycles. The number of benzene rings is 1. The largest absolute Gasteiger partial charge is 0.343 e. The molecule has 0 N–H and O–H groups in total. The highest BCUT2D eigenvalue weighted by Gasteiger charge is 2.25. The van der Waals surface area contributed by atoms with Gasteiger partial charge in [0.25, 0.3) is 0 Å². The number of hydrogen-bond acceptors (Lipinski definition) is 2. The Bertz CT molecular complexity index is 863. The normalized spacial score (nSPS) is 14.0. The topological polar surface area (TPSA) is 17.8 Å². The predicted octanol–water partition coefficient (Wildman–Crippen LogP) is 5.87. The fourth-order valence-electron chi connectivity index (χ4n) is 3.34. The van der Waals surface area contributed by atoms with Crippen molar-refractivity contribution >= 4 is 35.1 Å². The molecule has 0 unspecified atom stereocenters. The summed E-state index contributed by atoms with van der Waals surface area (Å²) in [6, 6.07) is 10.9. The van der Waals surface area contributed by atoms with E-state index in [1.165, 1.54) is 45.5 Å². The average molecular weight is 359 g/mol. The van der Waals surface area contributed by atoms with E-state index in [1.807, 2.05) is 6.20 Å². The number of halogens is 1. The molecule has 0 atom stereocenters. The minimum atomic E-state index is 0. The molecule has 126 valence electrons. The van der Waals surface area contributed by atoms with Gasteiger partial charge < -0.3 is 4.57 Å². The second kappa shape index (κ2) is 6.81. The van der Waals surface area contributed by atoms with Gasteiger partial charge >= 0.3 is 0 Å². The number of fused-ring (bicyclic) bond motifs is 1. The lowest BCUT2D eigenvalue weighted by atomic mass is 10.1. The van der Waals surface area contributed by atoms with Gasteiger partial charge in [-0.2, -0.15) is 0 Å². The van der Waals surface area contributed by atoms with E-state index < -0.39 is 0 Å². The van der Waals surface area contributed by atoms with Gasteiger partial charge in [-0.1, -0.05) is 12.1 Å². The predicted molar refractivity (Wildman–Crippen MR) is 106 cm³/mol. The van der Waals surface area contributed by atoms with Gasteiger partial charge in [-0.25, -0.2) is 0 Å². The standard InChI is InChI=1S/C20H22N2S.ClH/c1-13-14(2)22(12-15-4-5-15)20-18(13)10-11-21-19(20)16-6-8-17(23-3)9-7-16;/h6-11,15H,4-5,12H2,1-3H3;1H. The Kier molecular flexibility index (Phi) is 4.93. The zero-order chi connectivity index (χ0) is 16.0. The number of rotatable bonds is 4. The van der Waals surface area contributed by atoms with Gasteiger partial charge in [-0.15, -0.1) is 24.2 Å². The lowest BCUT2D eigenvalue weighted by molar-refractivity contribution is 0.632. The van der Waals surface area contributed by atoms with Gasteiger partial charge in [0.15, 0.2) is 0 Å². The molecule has 0 saturated heterocycles. The maximum atomic E-state index is 4.75. The summed E-state index contributed by atoms with van der Waals surface area (Å²) in [7, 11) is 0. The van der Waals surface area contributed by atoms with Crippen LogP contribution in [0.5, 0.6) is 0 Å². The lowest BCUT2D eigenvalue weighted by Crippen LogP contribution is -2.03. The Labute approximate surface area is 154 Å². The van der Waals surface area contributed by atoms with Crippen LogP contribution in [0.4, 0.5) is 0 Å². The third kappa shape index (κ3) is 2.96. The van der Waals surface area contributed by atoms with Crippen LogP contribution in [0.3, 0.4) is 0 Å². The Morgan fingerprint density at radius 3 is 2.46 bits per heavy atom. The first-order valence-electron chi connectivity index (χ1n) is 8.28. The van der Waals surface area contributed by atoms with Crippen molar-refractivity contribution in [2.75, 3.05) is 6.26 Å². The van der Waals surface area contributed by atoms with Gasteiger partial charge in [-0.05, 0) is 62.6 Å². The van der Waals surface area contributed by atoms with Gasteiger partial charge in [0.05, 0.1) is 11.2 Å². The van der Waals surface area contributed by atoms with Crippen LogP contribution >= 0.6 is 24.2 Å². The van der Waals surface area contributed by atoms with Crippen LogP contribution in [0.25, 0.3) is 22.2 Å². The Hall–Kier alpha value is -1.45. The summed E-state index contributed by atoms with van der Waals surface area (Å²) >= 11 is 1.78. The Balaban J connectivity index is 0.00000169. The van der Waals surface area contributed by atoms with Crippen molar-refractivity contribution < 1.29 is 0 Å². The summed E-state index contributed by atoms with van der Waals surface area (Å²) in [4.78, 5) is 6.04. The Morgan fingerprint density at radius 1 is 1.12 bits per heavy atom. The molecule has 4 rings (SSSR count). The van der Waals surface area contributed by atoms with Crippen LogP contribution in [0.1, 0.15) is 24.1 Å².